The number of hydrogen-bond acceptors (Lipinski definition) is 6. The van der Waals surface area contributed by atoms with E-state index in [1.807, 2.05) is 6.07 Å². The molecule has 0 saturated carbocycles. The molecule has 0 radical (unpaired) electrons. The molecule has 2 aromatic carbocycles. The van der Waals surface area contributed by atoms with Crippen molar-refractivity contribution < 1.29 is 28.6 Å². The zero-order valence-corrected chi connectivity index (χ0v) is 14.3. The summed E-state index contributed by atoms with van der Waals surface area (Å²) in [7, 11) is 2.21. The molecule has 2 aromatic rings. The van der Waals surface area contributed by atoms with Crippen LogP contribution in [0.4, 0.5) is 20.1 Å². The number of nitrogens with zero attached hydrogens (tertiary/aromatic N) is 2. The zero-order valence-electron chi connectivity index (χ0n) is 14.3. The number of imide groups is 1. The molecule has 0 atom stereocenters. The van der Waals surface area contributed by atoms with Crippen LogP contribution < -0.4 is 5.01 Å². The Labute approximate surface area is 150 Å². The number of methoxy groups -OCH3 is 2. The smallest absolute Gasteiger partial charge is 0.439 e. The van der Waals surface area contributed by atoms with E-state index in [0.717, 1.165) is 24.8 Å². The molecule has 0 saturated heterocycles. The summed E-state index contributed by atoms with van der Waals surface area (Å²) in [5, 5.41) is 1.17. The number of hydrazine groups is 1. The monoisotopic (exact) mass is 358 g/mol. The van der Waals surface area contributed by atoms with Crippen molar-refractivity contribution in [2.75, 3.05) is 19.2 Å². The third-order valence-electron chi connectivity index (χ3n) is 3.27. The predicted molar refractivity (Wildman–Crippen MR) is 92.2 cm³/mol. The molecule has 0 aliphatic rings. The fourth-order valence-corrected chi connectivity index (χ4v) is 2.06. The second kappa shape index (κ2) is 9.07. The van der Waals surface area contributed by atoms with Gasteiger partial charge in [-0.15, -0.1) is 5.01 Å². The molecular weight excluding hydrogens is 340 g/mol. The molecule has 0 aliphatic heterocycles. The van der Waals surface area contributed by atoms with Gasteiger partial charge in [-0.05, 0) is 17.7 Å². The maximum Gasteiger partial charge on any atom is 0.439 e. The van der Waals surface area contributed by atoms with Crippen molar-refractivity contribution in [3.05, 3.63) is 66.2 Å². The van der Waals surface area contributed by atoms with Gasteiger partial charge in [-0.1, -0.05) is 48.5 Å². The van der Waals surface area contributed by atoms with Crippen LogP contribution in [-0.2, 0) is 20.8 Å². The van der Waals surface area contributed by atoms with Gasteiger partial charge >= 0.3 is 18.3 Å². The van der Waals surface area contributed by atoms with Crippen LogP contribution >= 0.6 is 0 Å². The van der Waals surface area contributed by atoms with E-state index in [0.29, 0.717) is 5.01 Å². The van der Waals surface area contributed by atoms with Crippen molar-refractivity contribution in [1.82, 2.24) is 5.01 Å². The molecule has 0 bridgehead atoms. The zero-order chi connectivity index (χ0) is 18.9. The molecule has 0 aliphatic carbocycles. The highest BCUT2D eigenvalue weighted by molar-refractivity contribution is 5.98. The minimum absolute atomic E-state index is 0.0863. The van der Waals surface area contributed by atoms with Gasteiger partial charge in [0.2, 0.25) is 0 Å². The maximum absolute atomic E-state index is 12.5. The summed E-state index contributed by atoms with van der Waals surface area (Å²) in [6.07, 6.45) is -3.15. The van der Waals surface area contributed by atoms with Crippen LogP contribution in [0.1, 0.15) is 5.56 Å². The average Bonchev–Trinajstić information content (AvgIpc) is 2.70. The van der Waals surface area contributed by atoms with Gasteiger partial charge in [0.1, 0.15) is 6.61 Å². The number of benzene rings is 2. The third-order valence-corrected chi connectivity index (χ3v) is 3.27. The van der Waals surface area contributed by atoms with Gasteiger partial charge in [0.15, 0.2) is 0 Å². The number of carbonyl (C=O) groups excluding carboxylic acids is 3. The summed E-state index contributed by atoms with van der Waals surface area (Å²) in [5.74, 6) is 0. The fourth-order valence-electron chi connectivity index (χ4n) is 2.06. The Bertz CT molecular complexity index is 751. The van der Waals surface area contributed by atoms with E-state index in [1.165, 1.54) is 12.1 Å². The Morgan fingerprint density at radius 3 is 1.85 bits per heavy atom. The second-order valence-corrected chi connectivity index (χ2v) is 4.94. The van der Waals surface area contributed by atoms with Crippen LogP contribution in [-0.4, -0.2) is 37.5 Å². The summed E-state index contributed by atoms with van der Waals surface area (Å²) < 4.78 is 14.5. The maximum atomic E-state index is 12.5. The number of anilines is 1. The Kier molecular flexibility index (Phi) is 6.55. The Morgan fingerprint density at radius 2 is 1.31 bits per heavy atom. The first-order chi connectivity index (χ1) is 12.6. The molecule has 26 heavy (non-hydrogen) atoms. The number of carbonyl (C=O) groups is 3. The summed E-state index contributed by atoms with van der Waals surface area (Å²) in [6, 6.07) is 16.9. The quantitative estimate of drug-likeness (QED) is 0.616. The molecule has 0 spiro atoms. The first-order valence-corrected chi connectivity index (χ1v) is 7.60. The Morgan fingerprint density at radius 1 is 0.769 bits per heavy atom. The highest BCUT2D eigenvalue weighted by Gasteiger charge is 2.36. The number of amides is 3. The first kappa shape index (κ1) is 18.8. The normalized spacial score (nSPS) is 9.77. The topological polar surface area (TPSA) is 85.4 Å². The summed E-state index contributed by atoms with van der Waals surface area (Å²) in [6.45, 7) is -0.0863. The minimum Gasteiger partial charge on any atom is -0.451 e. The van der Waals surface area contributed by atoms with Crippen molar-refractivity contribution in [2.45, 2.75) is 6.61 Å². The van der Waals surface area contributed by atoms with E-state index in [-0.39, 0.29) is 12.3 Å². The molecule has 2 rings (SSSR count). The van der Waals surface area contributed by atoms with E-state index < -0.39 is 18.3 Å². The highest BCUT2D eigenvalue weighted by Crippen LogP contribution is 2.19. The van der Waals surface area contributed by atoms with Crippen LogP contribution in [0.3, 0.4) is 0 Å². The molecule has 0 fully saturated rings. The second-order valence-electron chi connectivity index (χ2n) is 4.94. The third kappa shape index (κ3) is 4.50. The van der Waals surface area contributed by atoms with Crippen molar-refractivity contribution in [3.63, 3.8) is 0 Å². The van der Waals surface area contributed by atoms with Gasteiger partial charge in [0.25, 0.3) is 0 Å². The Balaban J connectivity index is 2.29. The van der Waals surface area contributed by atoms with Gasteiger partial charge in [-0.2, -0.15) is 5.01 Å². The average molecular weight is 358 g/mol. The molecule has 0 unspecified atom stereocenters. The van der Waals surface area contributed by atoms with Gasteiger partial charge in [-0.25, -0.2) is 14.4 Å². The number of rotatable bonds is 3. The molecule has 0 N–H and O–H groups in total. The largest absolute Gasteiger partial charge is 0.451 e. The molecule has 8 heteroatoms. The van der Waals surface area contributed by atoms with Crippen LogP contribution in [0.2, 0.25) is 0 Å². The minimum atomic E-state index is -1.10. The van der Waals surface area contributed by atoms with Gasteiger partial charge in [0, 0.05) is 0 Å². The lowest BCUT2D eigenvalue weighted by Gasteiger charge is -2.29. The standard InChI is InChI=1S/C18H18N2O6/c1-24-16(21)19(15-11-7-4-8-12-15)20(17(22)25-2)18(23)26-13-14-9-5-3-6-10-14/h3-12H,13H2,1-2H3. The van der Waals surface area contributed by atoms with Crippen LogP contribution in [0, 0.1) is 0 Å². The van der Waals surface area contributed by atoms with Gasteiger partial charge in [0.05, 0.1) is 19.9 Å². The van der Waals surface area contributed by atoms with Crippen molar-refractivity contribution in [3.8, 4) is 0 Å². The van der Waals surface area contributed by atoms with Gasteiger partial charge < -0.3 is 14.2 Å². The Hall–Kier alpha value is -3.55. The van der Waals surface area contributed by atoms with Gasteiger partial charge in [-0.3, -0.25) is 0 Å². The summed E-state index contributed by atoms with van der Waals surface area (Å²) >= 11 is 0. The predicted octanol–water partition coefficient (Wildman–Crippen LogP) is 3.58. The molecule has 0 aromatic heterocycles. The van der Waals surface area contributed by atoms with E-state index in [4.69, 9.17) is 4.74 Å². The molecule has 136 valence electrons. The van der Waals surface area contributed by atoms with Crippen molar-refractivity contribution in [2.24, 2.45) is 0 Å². The molecule has 3 amide bonds. The van der Waals surface area contributed by atoms with Crippen LogP contribution in [0.25, 0.3) is 0 Å². The fraction of sp³-hybridized carbons (Fsp3) is 0.167. The van der Waals surface area contributed by atoms with Crippen molar-refractivity contribution in [1.29, 1.82) is 0 Å². The summed E-state index contributed by atoms with van der Waals surface area (Å²) in [4.78, 5) is 36.9. The van der Waals surface area contributed by atoms with E-state index in [9.17, 15) is 14.4 Å². The van der Waals surface area contributed by atoms with E-state index in [2.05, 4.69) is 9.47 Å². The van der Waals surface area contributed by atoms with E-state index in [1.54, 1.807) is 42.5 Å². The van der Waals surface area contributed by atoms with Crippen LogP contribution in [0.15, 0.2) is 60.7 Å². The van der Waals surface area contributed by atoms with E-state index >= 15 is 0 Å². The lowest BCUT2D eigenvalue weighted by molar-refractivity contribution is 0.0743. The number of ether oxygens (including phenoxy) is 3. The first-order valence-electron chi connectivity index (χ1n) is 7.60. The van der Waals surface area contributed by atoms with Crippen LogP contribution in [0.5, 0.6) is 0 Å². The lowest BCUT2D eigenvalue weighted by atomic mass is 10.2. The SMILES string of the molecule is COC(=O)N(C(=O)OCc1ccccc1)N(C(=O)OC)c1ccccc1. The van der Waals surface area contributed by atoms with Crippen molar-refractivity contribution >= 4 is 24.0 Å². The lowest BCUT2D eigenvalue weighted by Crippen LogP contribution is -2.53. The highest BCUT2D eigenvalue weighted by atomic mass is 16.6. The summed E-state index contributed by atoms with van der Waals surface area (Å²) in [5.41, 5.74) is 0.941. The molecule has 8 nitrogen and oxygen atoms in total. The number of hydrogen-bond donors (Lipinski definition) is 0. The molecular formula is C18H18N2O6. The molecule has 0 heterocycles. The number of para-hydroxylation sites is 1.